The molecule has 2 atom stereocenters. The zero-order valence-electron chi connectivity index (χ0n) is 23.8. The molecule has 0 amide bonds. The van der Waals surface area contributed by atoms with Gasteiger partial charge in [-0.3, -0.25) is 4.90 Å². The molecule has 0 aliphatic carbocycles. The van der Waals surface area contributed by atoms with Gasteiger partial charge in [0.1, 0.15) is 23.8 Å². The van der Waals surface area contributed by atoms with E-state index in [0.717, 1.165) is 74.6 Å². The van der Waals surface area contributed by atoms with Crippen LogP contribution in [-0.2, 0) is 6.42 Å². The van der Waals surface area contributed by atoms with E-state index in [-0.39, 0.29) is 34.3 Å². The van der Waals surface area contributed by atoms with Crippen molar-refractivity contribution in [1.82, 2.24) is 25.2 Å². The number of ether oxygens (including phenoxy) is 1. The molecule has 6 heterocycles. The van der Waals surface area contributed by atoms with Crippen LogP contribution in [0.4, 0.5) is 19.7 Å². The van der Waals surface area contributed by atoms with Crippen molar-refractivity contribution in [3.63, 3.8) is 0 Å². The van der Waals surface area contributed by atoms with Crippen molar-refractivity contribution in [2.75, 3.05) is 43.4 Å². The Balaban J connectivity index is 1.31. The number of halogens is 2. The van der Waals surface area contributed by atoms with E-state index < -0.39 is 11.6 Å². The lowest BCUT2D eigenvalue weighted by Crippen LogP contribution is -2.52. The zero-order chi connectivity index (χ0) is 28.6. The lowest BCUT2D eigenvalue weighted by molar-refractivity contribution is 0.108. The number of hydrogen-bond donors (Lipinski definition) is 2. The van der Waals surface area contributed by atoms with Crippen molar-refractivity contribution in [3.05, 3.63) is 35.4 Å². The minimum absolute atomic E-state index is 0.0204. The summed E-state index contributed by atoms with van der Waals surface area (Å²) in [6, 6.07) is 5.79. The van der Waals surface area contributed by atoms with Crippen LogP contribution in [0.25, 0.3) is 32.2 Å². The Hall–Kier alpha value is -3.15. The van der Waals surface area contributed by atoms with Gasteiger partial charge in [0.05, 0.1) is 15.8 Å². The van der Waals surface area contributed by atoms with Gasteiger partial charge in [-0.2, -0.15) is 9.97 Å². The third-order valence-electron chi connectivity index (χ3n) is 10.0. The van der Waals surface area contributed by atoms with E-state index in [1.165, 1.54) is 18.9 Å². The number of hydrogen-bond acceptors (Lipinski definition) is 9. The maximum Gasteiger partial charge on any atom is 0.319 e. The molecular formula is C31H35F2N7OS. The molecule has 8 rings (SSSR count). The highest BCUT2D eigenvalue weighted by Gasteiger charge is 2.45. The van der Waals surface area contributed by atoms with Gasteiger partial charge >= 0.3 is 6.01 Å². The average molecular weight is 592 g/mol. The fraction of sp³-hybridized carbons (Fsp3) is 0.516. The third kappa shape index (κ3) is 4.00. The second-order valence-electron chi connectivity index (χ2n) is 12.3. The zero-order valence-corrected chi connectivity index (χ0v) is 24.6. The van der Waals surface area contributed by atoms with E-state index in [9.17, 15) is 4.39 Å². The maximum atomic E-state index is 17.0. The van der Waals surface area contributed by atoms with Gasteiger partial charge in [0, 0.05) is 41.7 Å². The number of nitrogen functional groups attached to an aromatic ring is 1. The molecule has 0 saturated carbocycles. The SMILES string of the molecule is CCc1cc2c(N3C4CCC3CNC4)nc(OCC34CCCN3CCC4)nc2c(F)c1-c1ccc(F)c2sc(N)nc12. The fourth-order valence-corrected chi connectivity index (χ4v) is 8.82. The predicted octanol–water partition coefficient (Wildman–Crippen LogP) is 5.28. The minimum Gasteiger partial charge on any atom is -0.461 e. The van der Waals surface area contributed by atoms with E-state index >= 15 is 4.39 Å². The van der Waals surface area contributed by atoms with Crippen LogP contribution in [0.5, 0.6) is 6.01 Å². The van der Waals surface area contributed by atoms with Gasteiger partial charge < -0.3 is 20.7 Å². The van der Waals surface area contributed by atoms with Crippen LogP contribution in [0.1, 0.15) is 51.0 Å². The van der Waals surface area contributed by atoms with Crippen molar-refractivity contribution in [2.45, 2.75) is 69.5 Å². The van der Waals surface area contributed by atoms with Gasteiger partial charge in [-0.25, -0.2) is 13.8 Å². The number of anilines is 2. The first-order valence-corrected chi connectivity index (χ1v) is 16.0. The highest BCUT2D eigenvalue weighted by Crippen LogP contribution is 2.44. The van der Waals surface area contributed by atoms with Crippen LogP contribution < -0.4 is 20.7 Å². The summed E-state index contributed by atoms with van der Waals surface area (Å²) in [6.07, 6.45) is 7.25. The number of nitrogens with zero attached hydrogens (tertiary/aromatic N) is 5. The second kappa shape index (κ2) is 9.96. The van der Waals surface area contributed by atoms with Gasteiger partial charge in [-0.15, -0.1) is 0 Å². The molecule has 2 unspecified atom stereocenters. The number of aromatic nitrogens is 3. The molecule has 4 fully saturated rings. The topological polar surface area (TPSA) is 92.4 Å². The molecule has 11 heteroatoms. The third-order valence-corrected chi connectivity index (χ3v) is 10.9. The van der Waals surface area contributed by atoms with Gasteiger partial charge in [-0.1, -0.05) is 18.3 Å². The number of rotatable bonds is 6. The normalized spacial score (nSPS) is 23.4. The molecule has 3 N–H and O–H groups in total. The van der Waals surface area contributed by atoms with E-state index in [4.69, 9.17) is 20.4 Å². The molecule has 8 nitrogen and oxygen atoms in total. The van der Waals surface area contributed by atoms with Gasteiger partial charge in [0.25, 0.3) is 0 Å². The molecular weight excluding hydrogens is 556 g/mol. The number of nitrogens with two attached hydrogens (primary N) is 1. The van der Waals surface area contributed by atoms with Gasteiger partial charge in [-0.05, 0) is 81.8 Å². The minimum atomic E-state index is -0.457. The number of thiazole rings is 1. The molecule has 0 spiro atoms. The smallest absolute Gasteiger partial charge is 0.319 e. The highest BCUT2D eigenvalue weighted by molar-refractivity contribution is 7.22. The second-order valence-corrected chi connectivity index (χ2v) is 13.3. The molecule has 0 radical (unpaired) electrons. The Morgan fingerprint density at radius 3 is 2.57 bits per heavy atom. The van der Waals surface area contributed by atoms with Crippen molar-refractivity contribution in [2.24, 2.45) is 0 Å². The highest BCUT2D eigenvalue weighted by atomic mass is 32.1. The summed E-state index contributed by atoms with van der Waals surface area (Å²) in [4.78, 5) is 19.1. The molecule has 4 aliphatic heterocycles. The van der Waals surface area contributed by atoms with Gasteiger partial charge in [0.15, 0.2) is 10.9 Å². The molecule has 2 aromatic heterocycles. The number of fused-ring (bicyclic) bond motifs is 5. The quantitative estimate of drug-likeness (QED) is 0.313. The molecule has 42 heavy (non-hydrogen) atoms. The Morgan fingerprint density at radius 2 is 1.83 bits per heavy atom. The van der Waals surface area contributed by atoms with Crippen LogP contribution >= 0.6 is 11.3 Å². The summed E-state index contributed by atoms with van der Waals surface area (Å²) in [5.41, 5.74) is 8.30. The first-order valence-electron chi connectivity index (χ1n) is 15.2. The fourth-order valence-electron chi connectivity index (χ4n) is 8.05. The number of aryl methyl sites for hydroxylation is 1. The summed E-state index contributed by atoms with van der Waals surface area (Å²) in [5, 5.41) is 4.48. The molecule has 2 aromatic carbocycles. The summed E-state index contributed by atoms with van der Waals surface area (Å²) in [7, 11) is 0. The Bertz CT molecular complexity index is 1680. The standard InChI is InChI=1S/C31H35F2N7OS/c1-2-17-13-21-25(24(33)23(17)20-7-8-22(32)27-26(20)36-29(34)42-27)37-30(41-16-31-9-3-11-39(31)12-4-10-31)38-28(21)40-18-5-6-19(40)15-35-14-18/h7-8,13,18-19,35H,2-6,9-12,14-16H2,1H3,(H2,34,36). The monoisotopic (exact) mass is 591 g/mol. The Kier molecular flexibility index (Phi) is 6.28. The Labute approximate surface area is 247 Å². The molecule has 4 aliphatic rings. The van der Waals surface area contributed by atoms with E-state index in [1.54, 1.807) is 6.07 Å². The van der Waals surface area contributed by atoms with Gasteiger partial charge in [0.2, 0.25) is 0 Å². The summed E-state index contributed by atoms with van der Waals surface area (Å²) < 4.78 is 38.4. The van der Waals surface area contributed by atoms with Crippen LogP contribution in [0.3, 0.4) is 0 Å². The van der Waals surface area contributed by atoms with Crippen LogP contribution in [-0.4, -0.2) is 70.3 Å². The van der Waals surface area contributed by atoms with Crippen molar-refractivity contribution < 1.29 is 13.5 Å². The van der Waals surface area contributed by atoms with Crippen molar-refractivity contribution in [3.8, 4) is 17.1 Å². The van der Waals surface area contributed by atoms with E-state index in [0.29, 0.717) is 39.8 Å². The summed E-state index contributed by atoms with van der Waals surface area (Å²) in [5.74, 6) is -0.122. The van der Waals surface area contributed by atoms with Crippen LogP contribution in [0.2, 0.25) is 0 Å². The van der Waals surface area contributed by atoms with Crippen LogP contribution in [0.15, 0.2) is 18.2 Å². The number of benzene rings is 2. The largest absolute Gasteiger partial charge is 0.461 e. The Morgan fingerprint density at radius 1 is 1.07 bits per heavy atom. The van der Waals surface area contributed by atoms with E-state index in [1.807, 2.05) is 13.0 Å². The summed E-state index contributed by atoms with van der Waals surface area (Å²) >= 11 is 1.07. The first-order chi connectivity index (χ1) is 20.5. The average Bonchev–Trinajstić information content (AvgIpc) is 3.74. The van der Waals surface area contributed by atoms with Crippen molar-refractivity contribution >= 4 is 43.4 Å². The lowest BCUT2D eigenvalue weighted by atomic mass is 9.94. The molecule has 220 valence electrons. The van der Waals surface area contributed by atoms with Crippen LogP contribution in [0, 0.1) is 11.6 Å². The van der Waals surface area contributed by atoms with E-state index in [2.05, 4.69) is 20.1 Å². The lowest BCUT2D eigenvalue weighted by Gasteiger charge is -2.37. The maximum absolute atomic E-state index is 17.0. The molecule has 2 bridgehead atoms. The first kappa shape index (κ1) is 26.5. The molecule has 4 aromatic rings. The molecule has 4 saturated heterocycles. The number of nitrogens with one attached hydrogen (secondary N) is 1. The predicted molar refractivity (Wildman–Crippen MR) is 162 cm³/mol. The summed E-state index contributed by atoms with van der Waals surface area (Å²) in [6.45, 7) is 6.45. The van der Waals surface area contributed by atoms with Crippen molar-refractivity contribution in [1.29, 1.82) is 0 Å². The number of piperazine rings is 1.